The van der Waals surface area contributed by atoms with Crippen molar-refractivity contribution in [1.82, 2.24) is 0 Å². The normalized spacial score (nSPS) is 25.7. The highest BCUT2D eigenvalue weighted by Gasteiger charge is 2.41. The lowest BCUT2D eigenvalue weighted by Crippen LogP contribution is -2.22. The van der Waals surface area contributed by atoms with Crippen molar-refractivity contribution < 1.29 is 9.90 Å². The maximum atomic E-state index is 10.8. The fourth-order valence-electron chi connectivity index (χ4n) is 3.95. The minimum absolute atomic E-state index is 0.0638. The average molecular weight is 455 g/mol. The van der Waals surface area contributed by atoms with Crippen LogP contribution < -0.4 is 0 Å². The second-order valence-corrected chi connectivity index (χ2v) is 12.8. The Hall–Kier alpha value is -1.65. The highest BCUT2D eigenvalue weighted by Crippen LogP contribution is 2.58. The summed E-state index contributed by atoms with van der Waals surface area (Å²) < 4.78 is -0.159. The Bertz CT molecular complexity index is 911. The van der Waals surface area contributed by atoms with Crippen LogP contribution in [0.4, 0.5) is 0 Å². The quantitative estimate of drug-likeness (QED) is 0.473. The maximum Gasteiger partial charge on any atom is 0.328 e. The van der Waals surface area contributed by atoms with Crippen molar-refractivity contribution in [2.24, 2.45) is 10.8 Å². The molecule has 1 N–H and O–H groups in total. The molecule has 0 atom stereocenters. The predicted octanol–water partition coefficient (Wildman–Crippen LogP) is 7.69. The molecule has 1 saturated heterocycles. The van der Waals surface area contributed by atoms with Gasteiger partial charge in [-0.15, -0.1) is 23.5 Å². The number of carboxylic acids is 1. The van der Waals surface area contributed by atoms with Crippen LogP contribution in [0.3, 0.4) is 0 Å². The zero-order valence-electron chi connectivity index (χ0n) is 19.1. The molecule has 0 unspecified atom stereocenters. The van der Waals surface area contributed by atoms with E-state index in [2.05, 4.69) is 64.6 Å². The van der Waals surface area contributed by atoms with Crippen LogP contribution in [0.25, 0.3) is 6.08 Å². The van der Waals surface area contributed by atoms with Crippen molar-refractivity contribution in [2.75, 3.05) is 11.5 Å². The molecule has 1 aromatic carbocycles. The maximum absolute atomic E-state index is 10.8. The lowest BCUT2D eigenvalue weighted by Gasteiger charge is -2.35. The van der Waals surface area contributed by atoms with E-state index in [1.807, 2.05) is 35.7 Å². The Balaban J connectivity index is 2.04. The molecule has 0 spiro atoms. The number of hydrogen-bond acceptors (Lipinski definition) is 3. The van der Waals surface area contributed by atoms with Crippen LogP contribution >= 0.6 is 23.5 Å². The first-order valence-corrected chi connectivity index (χ1v) is 12.9. The lowest BCUT2D eigenvalue weighted by atomic mass is 9.73. The molecule has 0 saturated carbocycles. The van der Waals surface area contributed by atoms with E-state index in [4.69, 9.17) is 5.11 Å². The largest absolute Gasteiger partial charge is 0.478 e. The van der Waals surface area contributed by atoms with Gasteiger partial charge < -0.3 is 5.11 Å². The van der Waals surface area contributed by atoms with Gasteiger partial charge in [-0.1, -0.05) is 76.8 Å². The van der Waals surface area contributed by atoms with Gasteiger partial charge in [-0.3, -0.25) is 0 Å². The topological polar surface area (TPSA) is 37.3 Å². The van der Waals surface area contributed by atoms with Crippen LogP contribution in [0.5, 0.6) is 0 Å². The number of allylic oxidation sites excluding steroid dienone is 4. The van der Waals surface area contributed by atoms with E-state index >= 15 is 0 Å². The number of hydrogen-bond donors (Lipinski definition) is 1. The minimum atomic E-state index is -0.928. The summed E-state index contributed by atoms with van der Waals surface area (Å²) in [4.78, 5) is 10.8. The van der Waals surface area contributed by atoms with E-state index in [1.165, 1.54) is 29.2 Å². The number of carboxylic acid groups (broad SMARTS) is 1. The fraction of sp³-hybridized carbons (Fsp3) is 0.444. The fourth-order valence-corrected chi connectivity index (χ4v) is 7.22. The van der Waals surface area contributed by atoms with Gasteiger partial charge in [0.05, 0.1) is 0 Å². The molecule has 166 valence electrons. The van der Waals surface area contributed by atoms with Gasteiger partial charge in [0.15, 0.2) is 0 Å². The summed E-state index contributed by atoms with van der Waals surface area (Å²) >= 11 is 3.99. The number of rotatable bonds is 4. The number of aliphatic carboxylic acids is 1. The van der Waals surface area contributed by atoms with Crippen molar-refractivity contribution in [1.29, 1.82) is 0 Å². The van der Waals surface area contributed by atoms with Crippen LogP contribution in [-0.2, 0) is 8.87 Å². The SMILES string of the molecule is C=C1/C=C(C2(c3ccc(/C=C/C(=O)O)cc3)SCCS2)\C=C/CC(C)(C)CCC1(C)C. The van der Waals surface area contributed by atoms with E-state index in [9.17, 15) is 4.79 Å². The smallest absolute Gasteiger partial charge is 0.328 e. The van der Waals surface area contributed by atoms with Gasteiger partial charge >= 0.3 is 5.97 Å². The molecule has 1 heterocycles. The van der Waals surface area contributed by atoms with Crippen molar-refractivity contribution in [3.8, 4) is 0 Å². The van der Waals surface area contributed by atoms with Gasteiger partial charge in [0, 0.05) is 17.6 Å². The Labute approximate surface area is 196 Å². The van der Waals surface area contributed by atoms with Crippen molar-refractivity contribution in [3.05, 3.63) is 77.4 Å². The molecule has 1 aromatic rings. The summed E-state index contributed by atoms with van der Waals surface area (Å²) in [5, 5.41) is 8.89. The van der Waals surface area contributed by atoms with Crippen LogP contribution in [0.15, 0.2) is 66.3 Å². The number of carbonyl (C=O) groups is 1. The zero-order valence-corrected chi connectivity index (χ0v) is 20.7. The van der Waals surface area contributed by atoms with Crippen LogP contribution in [0, 0.1) is 10.8 Å². The Morgan fingerprint density at radius 2 is 1.71 bits per heavy atom. The van der Waals surface area contributed by atoms with Crippen molar-refractivity contribution >= 4 is 35.6 Å². The lowest BCUT2D eigenvalue weighted by molar-refractivity contribution is -0.131. The van der Waals surface area contributed by atoms with Crippen LogP contribution in [0.2, 0.25) is 0 Å². The first kappa shape index (κ1) is 24.0. The summed E-state index contributed by atoms with van der Waals surface area (Å²) in [6.07, 6.45) is 13.2. The van der Waals surface area contributed by atoms with Gasteiger partial charge in [0.2, 0.25) is 0 Å². The third kappa shape index (κ3) is 5.78. The highest BCUT2D eigenvalue weighted by molar-refractivity contribution is 8.20. The molecule has 1 aliphatic heterocycles. The molecule has 2 aliphatic rings. The molecule has 2 nitrogen and oxygen atoms in total. The van der Waals surface area contributed by atoms with Crippen LogP contribution in [-0.4, -0.2) is 22.6 Å². The molecule has 0 bridgehead atoms. The predicted molar refractivity (Wildman–Crippen MR) is 137 cm³/mol. The second kappa shape index (κ2) is 9.46. The van der Waals surface area contributed by atoms with Crippen molar-refractivity contribution in [3.63, 3.8) is 0 Å². The van der Waals surface area contributed by atoms with Crippen LogP contribution in [0.1, 0.15) is 58.1 Å². The molecular formula is C27H34O2S2. The Morgan fingerprint density at radius 3 is 2.32 bits per heavy atom. The zero-order chi connectivity index (χ0) is 22.7. The van der Waals surface area contributed by atoms with Gasteiger partial charge in [-0.25, -0.2) is 4.79 Å². The average Bonchev–Trinajstić information content (AvgIpc) is 3.21. The molecule has 0 aromatic heterocycles. The summed E-state index contributed by atoms with van der Waals surface area (Å²) in [6, 6.07) is 8.33. The summed E-state index contributed by atoms with van der Waals surface area (Å²) in [5.41, 5.74) is 5.00. The molecule has 3 rings (SSSR count). The summed E-state index contributed by atoms with van der Waals surface area (Å²) in [7, 11) is 0. The van der Waals surface area contributed by atoms with Gasteiger partial charge in [-0.2, -0.15) is 0 Å². The molecular weight excluding hydrogens is 420 g/mol. The Kier molecular flexibility index (Phi) is 7.32. The molecule has 0 amide bonds. The summed E-state index contributed by atoms with van der Waals surface area (Å²) in [6.45, 7) is 13.8. The van der Waals surface area contributed by atoms with E-state index in [0.29, 0.717) is 0 Å². The molecule has 31 heavy (non-hydrogen) atoms. The first-order chi connectivity index (χ1) is 14.5. The minimum Gasteiger partial charge on any atom is -0.478 e. The van der Waals surface area contributed by atoms with E-state index in [-0.39, 0.29) is 14.9 Å². The van der Waals surface area contributed by atoms with Gasteiger partial charge in [-0.05, 0) is 58.4 Å². The standard InChI is InChI=1S/C27H34O2S2/c1-20-19-23(7-6-14-25(2,3)15-16-26(20,4)5)27(30-17-18-31-27)22-11-8-21(9-12-22)10-13-24(28)29/h6-13,19H,1,14-18H2,2-5H3,(H,28,29)/b7-6-,13-10+,23-19+. The number of benzene rings is 1. The molecule has 4 heteroatoms. The van der Waals surface area contributed by atoms with Gasteiger partial charge in [0.1, 0.15) is 4.08 Å². The Morgan fingerprint density at radius 1 is 1.06 bits per heavy atom. The van der Waals surface area contributed by atoms with E-state index in [0.717, 1.165) is 29.9 Å². The third-order valence-electron chi connectivity index (χ3n) is 6.38. The van der Waals surface area contributed by atoms with E-state index in [1.54, 1.807) is 6.08 Å². The molecule has 0 radical (unpaired) electrons. The monoisotopic (exact) mass is 454 g/mol. The summed E-state index contributed by atoms with van der Waals surface area (Å²) in [5.74, 6) is 1.29. The molecule has 1 aliphatic carbocycles. The second-order valence-electron chi connectivity index (χ2n) is 9.89. The van der Waals surface area contributed by atoms with E-state index < -0.39 is 5.97 Å². The third-order valence-corrected chi connectivity index (χ3v) is 9.91. The highest BCUT2D eigenvalue weighted by atomic mass is 32.2. The van der Waals surface area contributed by atoms with Gasteiger partial charge in [0.25, 0.3) is 0 Å². The number of thioether (sulfide) groups is 2. The van der Waals surface area contributed by atoms with Crippen molar-refractivity contribution in [2.45, 2.75) is 51.0 Å². The molecule has 1 fully saturated rings. The first-order valence-electron chi connectivity index (χ1n) is 10.9.